The van der Waals surface area contributed by atoms with Gasteiger partial charge in [-0.1, -0.05) is 0 Å². The largest absolute Gasteiger partial charge is 0.314 e. The maximum atomic E-state index is 14.0. The van der Waals surface area contributed by atoms with Crippen molar-refractivity contribution >= 4 is 0 Å². The molecule has 2 heterocycles. The van der Waals surface area contributed by atoms with E-state index >= 15 is 0 Å². The smallest absolute Gasteiger partial charge is 0.253 e. The van der Waals surface area contributed by atoms with Crippen molar-refractivity contribution < 1.29 is 8.78 Å². The fraction of sp³-hybridized carbons (Fsp3) is 1.00. The van der Waals surface area contributed by atoms with Crippen LogP contribution in [-0.2, 0) is 0 Å². The van der Waals surface area contributed by atoms with E-state index in [9.17, 15) is 8.78 Å². The van der Waals surface area contributed by atoms with Crippen LogP contribution in [0.4, 0.5) is 8.78 Å². The first-order valence-electron chi connectivity index (χ1n) is 6.57. The fourth-order valence-corrected chi connectivity index (χ4v) is 2.73. The first-order chi connectivity index (χ1) is 8.08. The number of alkyl halides is 2. The molecule has 2 fully saturated rings. The predicted octanol–water partition coefficient (Wildman–Crippen LogP) is 0.869. The lowest BCUT2D eigenvalue weighted by molar-refractivity contribution is -0.0667. The first kappa shape index (κ1) is 13.2. The molecule has 2 aliphatic heterocycles. The first-order valence-corrected chi connectivity index (χ1v) is 6.57. The van der Waals surface area contributed by atoms with Crippen LogP contribution >= 0.6 is 0 Å². The number of halogens is 2. The summed E-state index contributed by atoms with van der Waals surface area (Å²) in [6.07, 6.45) is 0.663. The van der Waals surface area contributed by atoms with Gasteiger partial charge in [-0.2, -0.15) is 0 Å². The van der Waals surface area contributed by atoms with Crippen molar-refractivity contribution in [2.75, 3.05) is 52.9 Å². The third-order valence-corrected chi connectivity index (χ3v) is 3.96. The topological polar surface area (TPSA) is 18.5 Å². The molecule has 2 aliphatic rings. The van der Waals surface area contributed by atoms with Gasteiger partial charge in [-0.15, -0.1) is 0 Å². The summed E-state index contributed by atoms with van der Waals surface area (Å²) in [6, 6.07) is 0. The van der Waals surface area contributed by atoms with Crippen LogP contribution < -0.4 is 5.32 Å². The van der Waals surface area contributed by atoms with Gasteiger partial charge in [-0.3, -0.25) is 0 Å². The fourth-order valence-electron chi connectivity index (χ4n) is 2.73. The predicted molar refractivity (Wildman–Crippen MR) is 64.5 cm³/mol. The van der Waals surface area contributed by atoms with Crippen LogP contribution in [0, 0.1) is 5.92 Å². The second-order valence-electron chi connectivity index (χ2n) is 5.35. The number of nitrogens with zero attached hydrogens (tertiary/aromatic N) is 2. The van der Waals surface area contributed by atoms with Crippen LogP contribution in [0.25, 0.3) is 0 Å². The summed E-state index contributed by atoms with van der Waals surface area (Å²) < 4.78 is 28.0. The Bertz CT molecular complexity index is 242. The summed E-state index contributed by atoms with van der Waals surface area (Å²) in [5, 5.41) is 3.24. The summed E-state index contributed by atoms with van der Waals surface area (Å²) in [5.41, 5.74) is 0. The Morgan fingerprint density at radius 2 is 1.94 bits per heavy atom. The van der Waals surface area contributed by atoms with Crippen molar-refractivity contribution in [3.05, 3.63) is 0 Å². The van der Waals surface area contributed by atoms with Crippen molar-refractivity contribution in [2.45, 2.75) is 18.8 Å². The van der Waals surface area contributed by atoms with E-state index in [1.54, 1.807) is 0 Å². The van der Waals surface area contributed by atoms with E-state index in [-0.39, 0.29) is 6.42 Å². The van der Waals surface area contributed by atoms with Crippen LogP contribution in [0.2, 0.25) is 0 Å². The van der Waals surface area contributed by atoms with E-state index < -0.39 is 11.8 Å². The molecule has 5 heteroatoms. The lowest BCUT2D eigenvalue weighted by atomic mass is 9.97. The van der Waals surface area contributed by atoms with Crippen molar-refractivity contribution in [2.24, 2.45) is 5.92 Å². The highest BCUT2D eigenvalue weighted by Gasteiger charge is 2.42. The normalized spacial score (nSPS) is 28.8. The quantitative estimate of drug-likeness (QED) is 0.795. The van der Waals surface area contributed by atoms with Gasteiger partial charge in [-0.05, 0) is 20.0 Å². The lowest BCUT2D eigenvalue weighted by Crippen LogP contribution is -2.45. The number of rotatable bonds is 4. The highest BCUT2D eigenvalue weighted by molar-refractivity contribution is 4.85. The second-order valence-corrected chi connectivity index (χ2v) is 5.35. The number of piperazine rings is 1. The van der Waals surface area contributed by atoms with E-state index in [0.29, 0.717) is 19.5 Å². The van der Waals surface area contributed by atoms with Gasteiger partial charge in [0, 0.05) is 51.6 Å². The van der Waals surface area contributed by atoms with Gasteiger partial charge < -0.3 is 15.1 Å². The molecule has 0 aromatic heterocycles. The number of nitrogens with one attached hydrogen (secondary N) is 1. The van der Waals surface area contributed by atoms with Gasteiger partial charge >= 0.3 is 0 Å². The Morgan fingerprint density at radius 3 is 2.53 bits per heavy atom. The van der Waals surface area contributed by atoms with Crippen molar-refractivity contribution in [3.63, 3.8) is 0 Å². The molecule has 1 N–H and O–H groups in total. The molecule has 2 rings (SSSR count). The highest BCUT2D eigenvalue weighted by atomic mass is 19.3. The summed E-state index contributed by atoms with van der Waals surface area (Å²) in [7, 11) is 1.92. The van der Waals surface area contributed by atoms with Gasteiger partial charge in [0.15, 0.2) is 0 Å². The van der Waals surface area contributed by atoms with Crippen molar-refractivity contribution in [1.82, 2.24) is 15.1 Å². The molecule has 3 nitrogen and oxygen atoms in total. The molecule has 0 spiro atoms. The Balaban J connectivity index is 1.76. The molecule has 0 radical (unpaired) electrons. The van der Waals surface area contributed by atoms with Gasteiger partial charge in [0.05, 0.1) is 0 Å². The number of likely N-dealkylation sites (tertiary alicyclic amines) is 1. The third-order valence-electron chi connectivity index (χ3n) is 3.96. The molecule has 0 amide bonds. The van der Waals surface area contributed by atoms with Crippen LogP contribution in [0.1, 0.15) is 12.8 Å². The zero-order valence-electron chi connectivity index (χ0n) is 10.6. The molecule has 1 atom stereocenters. The molecule has 1 unspecified atom stereocenters. The summed E-state index contributed by atoms with van der Waals surface area (Å²) in [4.78, 5) is 4.15. The van der Waals surface area contributed by atoms with Crippen LogP contribution in [0.3, 0.4) is 0 Å². The molecule has 2 saturated heterocycles. The molecule has 0 aromatic rings. The maximum absolute atomic E-state index is 14.0. The van der Waals surface area contributed by atoms with Gasteiger partial charge in [0.1, 0.15) is 0 Å². The van der Waals surface area contributed by atoms with Gasteiger partial charge in [-0.25, -0.2) is 8.78 Å². The molecule has 0 aliphatic carbocycles. The monoisotopic (exact) mass is 247 g/mol. The summed E-state index contributed by atoms with van der Waals surface area (Å²) in [5.74, 6) is -2.93. The molecule has 100 valence electrons. The Morgan fingerprint density at radius 1 is 1.24 bits per heavy atom. The van der Waals surface area contributed by atoms with Gasteiger partial charge in [0.2, 0.25) is 0 Å². The minimum atomic E-state index is -2.49. The summed E-state index contributed by atoms with van der Waals surface area (Å²) >= 11 is 0. The van der Waals surface area contributed by atoms with Crippen LogP contribution in [-0.4, -0.2) is 68.6 Å². The third kappa shape index (κ3) is 3.60. The molecular weight excluding hydrogens is 224 g/mol. The van der Waals surface area contributed by atoms with E-state index in [2.05, 4.69) is 10.2 Å². The molecule has 0 bridgehead atoms. The Hall–Kier alpha value is -0.260. The average molecular weight is 247 g/mol. The lowest BCUT2D eigenvalue weighted by Gasteiger charge is -2.30. The average Bonchev–Trinajstić information content (AvgIpc) is 2.76. The second kappa shape index (κ2) is 5.59. The van der Waals surface area contributed by atoms with Gasteiger partial charge in [0.25, 0.3) is 5.92 Å². The van der Waals surface area contributed by atoms with Crippen LogP contribution in [0.15, 0.2) is 0 Å². The van der Waals surface area contributed by atoms with Crippen molar-refractivity contribution in [1.29, 1.82) is 0 Å². The maximum Gasteiger partial charge on any atom is 0.253 e. The molecular formula is C12H23F2N3. The standard InChI is InChI=1S/C12H23F2N3/c1-16-6-2-11(10-16)12(13,14)3-7-17-8-4-15-5-9-17/h11,15H,2-10H2,1H3. The minimum absolute atomic E-state index is 0.0194. The zero-order chi connectivity index (χ0) is 12.3. The van der Waals surface area contributed by atoms with E-state index in [0.717, 1.165) is 32.7 Å². The Kier molecular flexibility index (Phi) is 4.33. The van der Waals surface area contributed by atoms with Crippen molar-refractivity contribution in [3.8, 4) is 0 Å². The summed E-state index contributed by atoms with van der Waals surface area (Å²) in [6.45, 7) is 5.56. The Labute approximate surface area is 102 Å². The van der Waals surface area contributed by atoms with E-state index in [4.69, 9.17) is 0 Å². The number of hydrogen-bond acceptors (Lipinski definition) is 3. The minimum Gasteiger partial charge on any atom is -0.314 e. The molecule has 0 aromatic carbocycles. The zero-order valence-corrected chi connectivity index (χ0v) is 10.6. The van der Waals surface area contributed by atoms with E-state index in [1.165, 1.54) is 0 Å². The highest BCUT2D eigenvalue weighted by Crippen LogP contribution is 2.34. The SMILES string of the molecule is CN1CCC(C(F)(F)CCN2CCNCC2)C1. The van der Waals surface area contributed by atoms with Crippen LogP contribution in [0.5, 0.6) is 0 Å². The van der Waals surface area contributed by atoms with E-state index in [1.807, 2.05) is 11.9 Å². The number of hydrogen-bond donors (Lipinski definition) is 1. The molecule has 0 saturated carbocycles. The molecule has 17 heavy (non-hydrogen) atoms.